The van der Waals surface area contributed by atoms with Crippen molar-refractivity contribution < 1.29 is 4.79 Å². The summed E-state index contributed by atoms with van der Waals surface area (Å²) < 4.78 is 0.899. The van der Waals surface area contributed by atoms with Crippen LogP contribution in [0.5, 0.6) is 0 Å². The summed E-state index contributed by atoms with van der Waals surface area (Å²) in [6.45, 7) is 0. The van der Waals surface area contributed by atoms with Gasteiger partial charge in [-0.25, -0.2) is 0 Å². The summed E-state index contributed by atoms with van der Waals surface area (Å²) in [6.07, 6.45) is 1.51. The number of carbonyl (C=O) groups is 1. The number of amides is 1. The highest BCUT2D eigenvalue weighted by molar-refractivity contribution is 9.10. The van der Waals surface area contributed by atoms with Crippen LogP contribution in [0, 0.1) is 0 Å². The van der Waals surface area contributed by atoms with Crippen LogP contribution < -0.4 is 11.1 Å². The van der Waals surface area contributed by atoms with Crippen molar-refractivity contribution in [2.45, 2.75) is 0 Å². The van der Waals surface area contributed by atoms with E-state index in [9.17, 15) is 4.79 Å². The molecule has 86 valence electrons. The van der Waals surface area contributed by atoms with E-state index in [1.54, 1.807) is 12.1 Å². The van der Waals surface area contributed by atoms with Gasteiger partial charge >= 0.3 is 0 Å². The summed E-state index contributed by atoms with van der Waals surface area (Å²) in [5.41, 5.74) is 7.10. The van der Waals surface area contributed by atoms with Gasteiger partial charge in [0.15, 0.2) is 0 Å². The Kier molecular flexibility index (Phi) is 3.39. The first-order valence-corrected chi connectivity index (χ1v) is 5.73. The summed E-state index contributed by atoms with van der Waals surface area (Å²) in [4.78, 5) is 15.8. The van der Waals surface area contributed by atoms with Gasteiger partial charge in [-0.3, -0.25) is 9.78 Å². The number of nitrogens with two attached hydrogens (primary N) is 1. The zero-order valence-electron chi connectivity index (χ0n) is 8.85. The van der Waals surface area contributed by atoms with Crippen molar-refractivity contribution in [1.29, 1.82) is 0 Å². The second kappa shape index (κ2) is 4.97. The average molecular weight is 292 g/mol. The van der Waals surface area contributed by atoms with Crippen LogP contribution in [-0.2, 0) is 0 Å². The molecule has 2 rings (SSSR count). The molecule has 0 bridgehead atoms. The lowest BCUT2D eigenvalue weighted by atomic mass is 10.3. The fourth-order valence-corrected chi connectivity index (χ4v) is 1.73. The lowest BCUT2D eigenvalue weighted by Gasteiger charge is -2.05. The molecule has 0 atom stereocenters. The van der Waals surface area contributed by atoms with Gasteiger partial charge in [0.05, 0.1) is 0 Å². The van der Waals surface area contributed by atoms with E-state index in [2.05, 4.69) is 26.2 Å². The van der Waals surface area contributed by atoms with Crippen LogP contribution in [0.2, 0.25) is 0 Å². The highest BCUT2D eigenvalue weighted by Crippen LogP contribution is 2.16. The zero-order chi connectivity index (χ0) is 12.3. The van der Waals surface area contributed by atoms with E-state index in [4.69, 9.17) is 5.73 Å². The van der Waals surface area contributed by atoms with Gasteiger partial charge in [-0.2, -0.15) is 0 Å². The average Bonchev–Trinajstić information content (AvgIpc) is 2.29. The molecule has 0 saturated heterocycles. The third kappa shape index (κ3) is 3.04. The van der Waals surface area contributed by atoms with Crippen molar-refractivity contribution in [3.05, 3.63) is 52.8 Å². The SMILES string of the molecule is Nc1ccnc(C(=O)Nc2cccc(Br)c2)c1. The number of rotatable bonds is 2. The molecule has 0 saturated carbocycles. The number of nitrogens with zero attached hydrogens (tertiary/aromatic N) is 1. The maximum absolute atomic E-state index is 11.8. The highest BCUT2D eigenvalue weighted by atomic mass is 79.9. The Morgan fingerprint density at radius 1 is 1.29 bits per heavy atom. The number of nitrogens with one attached hydrogen (secondary N) is 1. The second-order valence-electron chi connectivity index (χ2n) is 3.44. The number of carbonyl (C=O) groups excluding carboxylic acids is 1. The van der Waals surface area contributed by atoms with E-state index in [-0.39, 0.29) is 5.91 Å². The lowest BCUT2D eigenvalue weighted by Crippen LogP contribution is -2.13. The molecule has 4 nitrogen and oxygen atoms in total. The Hall–Kier alpha value is -1.88. The van der Waals surface area contributed by atoms with Crippen molar-refractivity contribution in [2.24, 2.45) is 0 Å². The largest absolute Gasteiger partial charge is 0.399 e. The number of pyridine rings is 1. The van der Waals surface area contributed by atoms with E-state index < -0.39 is 0 Å². The third-order valence-electron chi connectivity index (χ3n) is 2.10. The molecule has 0 aliphatic rings. The molecule has 0 aliphatic carbocycles. The number of benzene rings is 1. The molecule has 17 heavy (non-hydrogen) atoms. The van der Waals surface area contributed by atoms with E-state index in [0.717, 1.165) is 4.47 Å². The fourth-order valence-electron chi connectivity index (χ4n) is 1.33. The first-order chi connectivity index (χ1) is 8.15. The topological polar surface area (TPSA) is 68.0 Å². The maximum Gasteiger partial charge on any atom is 0.274 e. The number of anilines is 2. The predicted molar refractivity (Wildman–Crippen MR) is 70.7 cm³/mol. The third-order valence-corrected chi connectivity index (χ3v) is 2.59. The van der Waals surface area contributed by atoms with E-state index in [1.165, 1.54) is 12.3 Å². The summed E-state index contributed by atoms with van der Waals surface area (Å²) >= 11 is 3.33. The van der Waals surface area contributed by atoms with Crippen LogP contribution in [-0.4, -0.2) is 10.9 Å². The van der Waals surface area contributed by atoms with Gasteiger partial charge < -0.3 is 11.1 Å². The number of halogens is 1. The minimum absolute atomic E-state index is 0.282. The fraction of sp³-hybridized carbons (Fsp3) is 0. The van der Waals surface area contributed by atoms with Gasteiger partial charge in [0.25, 0.3) is 5.91 Å². The lowest BCUT2D eigenvalue weighted by molar-refractivity contribution is 0.102. The Morgan fingerprint density at radius 3 is 2.82 bits per heavy atom. The summed E-state index contributed by atoms with van der Waals surface area (Å²) in [5, 5.41) is 2.74. The van der Waals surface area contributed by atoms with Gasteiger partial charge in [-0.15, -0.1) is 0 Å². The van der Waals surface area contributed by atoms with Gasteiger partial charge in [0.1, 0.15) is 5.69 Å². The summed E-state index contributed by atoms with van der Waals surface area (Å²) in [5.74, 6) is -0.282. The molecule has 0 fully saturated rings. The highest BCUT2D eigenvalue weighted by Gasteiger charge is 2.07. The Morgan fingerprint density at radius 2 is 2.12 bits per heavy atom. The molecule has 1 aromatic heterocycles. The van der Waals surface area contributed by atoms with Gasteiger partial charge in [0, 0.05) is 22.0 Å². The molecule has 5 heteroatoms. The number of aromatic nitrogens is 1. The van der Waals surface area contributed by atoms with E-state index in [0.29, 0.717) is 17.1 Å². The van der Waals surface area contributed by atoms with Gasteiger partial charge in [0.2, 0.25) is 0 Å². The summed E-state index contributed by atoms with van der Waals surface area (Å²) in [7, 11) is 0. The summed E-state index contributed by atoms with van der Waals surface area (Å²) in [6, 6.07) is 10.5. The van der Waals surface area contributed by atoms with Crippen molar-refractivity contribution in [1.82, 2.24) is 4.98 Å². The van der Waals surface area contributed by atoms with Crippen molar-refractivity contribution in [3.63, 3.8) is 0 Å². The molecule has 0 aliphatic heterocycles. The number of hydrogen-bond acceptors (Lipinski definition) is 3. The predicted octanol–water partition coefficient (Wildman–Crippen LogP) is 2.68. The van der Waals surface area contributed by atoms with Crippen LogP contribution in [0.15, 0.2) is 47.1 Å². The van der Waals surface area contributed by atoms with Gasteiger partial charge in [-0.05, 0) is 30.3 Å². The molecule has 3 N–H and O–H groups in total. The molecule has 0 unspecified atom stereocenters. The molecule has 1 amide bonds. The van der Waals surface area contributed by atoms with Crippen molar-refractivity contribution >= 4 is 33.2 Å². The van der Waals surface area contributed by atoms with E-state index in [1.807, 2.05) is 18.2 Å². The standard InChI is InChI=1S/C12H10BrN3O/c13-8-2-1-3-10(6-8)16-12(17)11-7-9(14)4-5-15-11/h1-7H,(H2,14,15)(H,16,17). The molecule has 1 aromatic carbocycles. The maximum atomic E-state index is 11.8. The monoisotopic (exact) mass is 291 g/mol. The molecule has 2 aromatic rings. The van der Waals surface area contributed by atoms with Crippen LogP contribution in [0.1, 0.15) is 10.5 Å². The smallest absolute Gasteiger partial charge is 0.274 e. The van der Waals surface area contributed by atoms with Crippen molar-refractivity contribution in [3.8, 4) is 0 Å². The minimum Gasteiger partial charge on any atom is -0.399 e. The number of hydrogen-bond donors (Lipinski definition) is 2. The zero-order valence-corrected chi connectivity index (χ0v) is 10.4. The molecule has 0 radical (unpaired) electrons. The number of nitrogen functional groups attached to an aromatic ring is 1. The Labute approximate surface area is 107 Å². The molecular formula is C12H10BrN3O. The molecular weight excluding hydrogens is 282 g/mol. The Bertz CT molecular complexity index is 557. The quantitative estimate of drug-likeness (QED) is 0.894. The van der Waals surface area contributed by atoms with Crippen molar-refractivity contribution in [2.75, 3.05) is 11.1 Å². The second-order valence-corrected chi connectivity index (χ2v) is 4.35. The first kappa shape index (κ1) is 11.6. The van der Waals surface area contributed by atoms with Crippen LogP contribution in [0.25, 0.3) is 0 Å². The molecule has 1 heterocycles. The van der Waals surface area contributed by atoms with Crippen LogP contribution in [0.3, 0.4) is 0 Å². The van der Waals surface area contributed by atoms with Crippen LogP contribution >= 0.6 is 15.9 Å². The molecule has 0 spiro atoms. The Balaban J connectivity index is 2.17. The van der Waals surface area contributed by atoms with Gasteiger partial charge in [-0.1, -0.05) is 22.0 Å². The van der Waals surface area contributed by atoms with E-state index >= 15 is 0 Å². The normalized spacial score (nSPS) is 9.94. The van der Waals surface area contributed by atoms with Crippen LogP contribution in [0.4, 0.5) is 11.4 Å². The minimum atomic E-state index is -0.282. The first-order valence-electron chi connectivity index (χ1n) is 4.93.